The van der Waals surface area contributed by atoms with Crippen LogP contribution < -0.4 is 5.32 Å². The van der Waals surface area contributed by atoms with Gasteiger partial charge in [0.05, 0.1) is 12.8 Å². The first-order chi connectivity index (χ1) is 14.5. The second kappa shape index (κ2) is 16.8. The van der Waals surface area contributed by atoms with E-state index in [1.807, 2.05) is 4.90 Å². The lowest BCUT2D eigenvalue weighted by Crippen LogP contribution is -2.37. The fourth-order valence-corrected chi connectivity index (χ4v) is 3.02. The molecule has 0 saturated heterocycles. The number of unbranched alkanes of at least 4 members (excludes halogenated alkanes) is 3. The standard InChI is InChI=1S/C26H40N2O2/c1-4-5-15-19-26(30)28(23(2)3)22-17-14-12-10-8-6-7-9-11-13-16-18-25(29)27-24-20-21-24/h23-25,27,29H,4-5,7,10,13,15-22H2,1-3H3. The first kappa shape index (κ1) is 26.1. The van der Waals surface area contributed by atoms with E-state index in [2.05, 4.69) is 61.6 Å². The molecule has 0 aromatic rings. The molecule has 2 N–H and O–H groups in total. The first-order valence-corrected chi connectivity index (χ1v) is 11.6. The number of nitrogens with zero attached hydrogens (tertiary/aromatic N) is 1. The summed E-state index contributed by atoms with van der Waals surface area (Å²) in [6.45, 7) is 6.96. The molecule has 0 heterocycles. The summed E-state index contributed by atoms with van der Waals surface area (Å²) in [5.41, 5.74) is 0. The third kappa shape index (κ3) is 14.1. The molecule has 1 saturated carbocycles. The van der Waals surface area contributed by atoms with Gasteiger partial charge in [0.2, 0.25) is 5.91 Å². The van der Waals surface area contributed by atoms with Crippen molar-refractivity contribution in [1.82, 2.24) is 10.2 Å². The van der Waals surface area contributed by atoms with E-state index >= 15 is 0 Å². The van der Waals surface area contributed by atoms with Crippen molar-refractivity contribution in [2.75, 3.05) is 6.54 Å². The van der Waals surface area contributed by atoms with Crippen LogP contribution in [0.2, 0.25) is 0 Å². The van der Waals surface area contributed by atoms with Crippen LogP contribution >= 0.6 is 0 Å². The van der Waals surface area contributed by atoms with Crippen LogP contribution in [0.25, 0.3) is 0 Å². The van der Waals surface area contributed by atoms with Gasteiger partial charge in [0.25, 0.3) is 0 Å². The maximum Gasteiger partial charge on any atom is 0.222 e. The van der Waals surface area contributed by atoms with Crippen LogP contribution in [0.5, 0.6) is 0 Å². The summed E-state index contributed by atoms with van der Waals surface area (Å²) < 4.78 is 0. The predicted octanol–water partition coefficient (Wildman–Crippen LogP) is 4.22. The Morgan fingerprint density at radius 3 is 2.23 bits per heavy atom. The van der Waals surface area contributed by atoms with E-state index in [0.717, 1.165) is 38.5 Å². The van der Waals surface area contributed by atoms with Crippen LogP contribution in [0.1, 0.15) is 97.8 Å². The summed E-state index contributed by atoms with van der Waals surface area (Å²) in [7, 11) is 0. The number of nitrogens with one attached hydrogen (secondary N) is 1. The van der Waals surface area contributed by atoms with E-state index in [1.54, 1.807) is 0 Å². The quantitative estimate of drug-likeness (QED) is 0.287. The molecule has 1 rings (SSSR count). The smallest absolute Gasteiger partial charge is 0.222 e. The number of rotatable bonds is 12. The molecule has 0 aromatic carbocycles. The summed E-state index contributed by atoms with van der Waals surface area (Å²) >= 11 is 0. The summed E-state index contributed by atoms with van der Waals surface area (Å²) in [6, 6.07) is 0.758. The molecule has 30 heavy (non-hydrogen) atoms. The van der Waals surface area contributed by atoms with Crippen molar-refractivity contribution in [3.8, 4) is 35.5 Å². The Morgan fingerprint density at radius 2 is 1.63 bits per heavy atom. The molecule has 0 bridgehead atoms. The molecule has 4 heteroatoms. The second-order valence-electron chi connectivity index (χ2n) is 8.15. The molecule has 0 spiro atoms. The molecule has 0 radical (unpaired) electrons. The highest BCUT2D eigenvalue weighted by Gasteiger charge is 2.22. The van der Waals surface area contributed by atoms with Gasteiger partial charge in [-0.15, -0.1) is 11.8 Å². The van der Waals surface area contributed by atoms with Crippen LogP contribution in [0, 0.1) is 35.5 Å². The normalized spacial score (nSPS) is 13.4. The molecule has 0 aromatic heterocycles. The Kier molecular flexibility index (Phi) is 14.6. The van der Waals surface area contributed by atoms with Gasteiger partial charge < -0.3 is 10.0 Å². The highest BCUT2D eigenvalue weighted by atomic mass is 16.3. The van der Waals surface area contributed by atoms with Crippen molar-refractivity contribution in [2.24, 2.45) is 0 Å². The molecule has 1 atom stereocenters. The summed E-state index contributed by atoms with van der Waals surface area (Å²) in [6.07, 6.45) is 10.1. The van der Waals surface area contributed by atoms with Crippen LogP contribution in [0.3, 0.4) is 0 Å². The van der Waals surface area contributed by atoms with E-state index in [-0.39, 0.29) is 18.2 Å². The zero-order valence-electron chi connectivity index (χ0n) is 19.2. The highest BCUT2D eigenvalue weighted by Crippen LogP contribution is 2.19. The Morgan fingerprint density at radius 1 is 1.00 bits per heavy atom. The number of hydrogen-bond acceptors (Lipinski definition) is 3. The van der Waals surface area contributed by atoms with Crippen LogP contribution in [-0.4, -0.2) is 40.8 Å². The number of carbonyl (C=O) groups excluding carboxylic acids is 1. The van der Waals surface area contributed by atoms with Crippen molar-refractivity contribution in [3.05, 3.63) is 0 Å². The molecular formula is C26H40N2O2. The molecule has 166 valence electrons. The number of amides is 1. The average molecular weight is 413 g/mol. The highest BCUT2D eigenvalue weighted by molar-refractivity contribution is 5.76. The molecule has 4 nitrogen and oxygen atoms in total. The van der Waals surface area contributed by atoms with Crippen LogP contribution in [-0.2, 0) is 4.79 Å². The maximum atomic E-state index is 12.3. The van der Waals surface area contributed by atoms with Gasteiger partial charge in [-0.1, -0.05) is 43.4 Å². The Hall–Kier alpha value is -1.93. The second-order valence-corrected chi connectivity index (χ2v) is 8.15. The fraction of sp³-hybridized carbons (Fsp3) is 0.731. The van der Waals surface area contributed by atoms with Crippen LogP contribution in [0.15, 0.2) is 0 Å². The molecule has 0 aliphatic heterocycles. The topological polar surface area (TPSA) is 52.6 Å². The summed E-state index contributed by atoms with van der Waals surface area (Å²) in [4.78, 5) is 14.2. The van der Waals surface area contributed by atoms with E-state index < -0.39 is 0 Å². The van der Waals surface area contributed by atoms with E-state index in [9.17, 15) is 9.90 Å². The number of carbonyl (C=O) groups is 1. The summed E-state index contributed by atoms with van der Waals surface area (Å²) in [5.74, 6) is 18.7. The van der Waals surface area contributed by atoms with Gasteiger partial charge in [-0.25, -0.2) is 0 Å². The zero-order valence-corrected chi connectivity index (χ0v) is 19.2. The lowest BCUT2D eigenvalue weighted by molar-refractivity contribution is -0.132. The minimum Gasteiger partial charge on any atom is -0.379 e. The molecular weight excluding hydrogens is 372 g/mol. The number of hydrogen-bond donors (Lipinski definition) is 2. The predicted molar refractivity (Wildman–Crippen MR) is 124 cm³/mol. The molecule has 1 unspecified atom stereocenters. The van der Waals surface area contributed by atoms with Crippen molar-refractivity contribution in [2.45, 2.75) is 116 Å². The molecule has 1 aliphatic rings. The third-order valence-corrected chi connectivity index (χ3v) is 4.93. The van der Waals surface area contributed by atoms with Crippen molar-refractivity contribution < 1.29 is 9.90 Å². The maximum absolute atomic E-state index is 12.3. The summed E-state index contributed by atoms with van der Waals surface area (Å²) in [5, 5.41) is 12.9. The largest absolute Gasteiger partial charge is 0.379 e. The van der Waals surface area contributed by atoms with E-state index in [0.29, 0.717) is 38.3 Å². The number of aliphatic hydroxyl groups is 1. The fourth-order valence-electron chi connectivity index (χ4n) is 3.02. The van der Waals surface area contributed by atoms with Crippen LogP contribution in [0.4, 0.5) is 0 Å². The van der Waals surface area contributed by atoms with Gasteiger partial charge in [-0.2, -0.15) is 0 Å². The van der Waals surface area contributed by atoms with E-state index in [4.69, 9.17) is 0 Å². The SMILES string of the molecule is CCCCCC(=O)N(CCC#CCC#CCC#CCCCC(O)NC1CC1)C(C)C. The van der Waals surface area contributed by atoms with Gasteiger partial charge in [-0.3, -0.25) is 10.1 Å². The van der Waals surface area contributed by atoms with Gasteiger partial charge >= 0.3 is 0 Å². The molecule has 1 fully saturated rings. The van der Waals surface area contributed by atoms with E-state index in [1.165, 1.54) is 12.8 Å². The zero-order chi connectivity index (χ0) is 22.0. The van der Waals surface area contributed by atoms with Gasteiger partial charge in [0.1, 0.15) is 6.23 Å². The molecule has 1 aliphatic carbocycles. The van der Waals surface area contributed by atoms with Crippen molar-refractivity contribution in [1.29, 1.82) is 0 Å². The van der Waals surface area contributed by atoms with Crippen molar-refractivity contribution >= 4 is 5.91 Å². The monoisotopic (exact) mass is 412 g/mol. The minimum absolute atomic E-state index is 0.219. The Labute approximate surface area is 184 Å². The lowest BCUT2D eigenvalue weighted by atomic mass is 10.1. The van der Waals surface area contributed by atoms with Crippen molar-refractivity contribution in [3.63, 3.8) is 0 Å². The average Bonchev–Trinajstić information content (AvgIpc) is 3.52. The molecule has 1 amide bonds. The Balaban J connectivity index is 2.11. The van der Waals surface area contributed by atoms with Gasteiger partial charge in [0.15, 0.2) is 0 Å². The first-order valence-electron chi connectivity index (χ1n) is 11.6. The minimum atomic E-state index is -0.385. The number of aliphatic hydroxyl groups excluding tert-OH is 1. The third-order valence-electron chi connectivity index (χ3n) is 4.93. The Bertz CT molecular complexity index is 662. The van der Waals surface area contributed by atoms with Gasteiger partial charge in [0, 0.05) is 37.9 Å². The lowest BCUT2D eigenvalue weighted by Gasteiger charge is -2.26. The van der Waals surface area contributed by atoms with Gasteiger partial charge in [-0.05, 0) is 46.0 Å².